The molecule has 0 aromatic heterocycles. The van der Waals surface area contributed by atoms with E-state index in [0.717, 1.165) is 0 Å². The van der Waals surface area contributed by atoms with Crippen molar-refractivity contribution in [3.8, 4) is 0 Å². The van der Waals surface area contributed by atoms with E-state index in [-0.39, 0.29) is 118 Å². The summed E-state index contributed by atoms with van der Waals surface area (Å²) in [6.45, 7) is 0. The average Bonchev–Trinajstić information content (AvgIpc) is 1.41. The van der Waals surface area contributed by atoms with E-state index in [9.17, 15) is 0 Å². The summed E-state index contributed by atoms with van der Waals surface area (Å²) in [7, 11) is 0. The van der Waals surface area contributed by atoms with Crippen LogP contribution in [0.15, 0.2) is 0 Å². The van der Waals surface area contributed by atoms with Crippen LogP contribution in [0.1, 0.15) is 0 Å². The van der Waals surface area contributed by atoms with Gasteiger partial charge in [0.25, 0.3) is 0 Å². The second-order valence-electron chi connectivity index (χ2n) is 1.22. The molecule has 0 aliphatic rings. The van der Waals surface area contributed by atoms with Crippen LogP contribution < -0.4 is 25.1 Å². The largest absolute Gasteiger partial charge is 3.00 e. The quantitative estimate of drug-likeness (QED) is 0.205. The van der Waals surface area contributed by atoms with Crippen molar-refractivity contribution in [3.63, 3.8) is 0 Å². The van der Waals surface area contributed by atoms with Crippen LogP contribution in [0.2, 0.25) is 0 Å². The Kier molecular flexibility index (Phi) is 151. The molecule has 0 saturated heterocycles. The van der Waals surface area contributed by atoms with E-state index >= 15 is 0 Å². The van der Waals surface area contributed by atoms with Crippen molar-refractivity contribution >= 4 is 40.1 Å². The first-order valence-electron chi connectivity index (χ1n) is 2.00. The standard InChI is InChI=1S/2Er.3H2O4Se.8H2O/c;;3*1-5(2,3)4;;;;;;;;/h;;3*(H2,1,2,3,4);8*1H2/q2*+3;;;;;;;;;;;/p-6. The van der Waals surface area contributed by atoms with Gasteiger partial charge in [-0.3, -0.25) is 0 Å². The molecule has 25 heavy (non-hydrogen) atoms. The molecule has 20 nitrogen and oxygen atoms in total. The van der Waals surface area contributed by atoms with E-state index < -0.39 is 40.1 Å². The van der Waals surface area contributed by atoms with Crippen molar-refractivity contribution in [1.82, 2.24) is 0 Å². The van der Waals surface area contributed by atoms with Crippen LogP contribution in [0.4, 0.5) is 0 Å². The van der Waals surface area contributed by atoms with Gasteiger partial charge < -0.3 is 43.8 Å². The summed E-state index contributed by atoms with van der Waals surface area (Å²) in [5.74, 6) is 0. The molecule has 16 N–H and O–H groups in total. The van der Waals surface area contributed by atoms with E-state index in [1.165, 1.54) is 0 Å². The fourth-order valence-corrected chi connectivity index (χ4v) is 0. The predicted octanol–water partition coefficient (Wildman–Crippen LogP) is -15.6. The van der Waals surface area contributed by atoms with Crippen molar-refractivity contribution in [2.45, 2.75) is 0 Å². The molecule has 0 unspecified atom stereocenters. The Morgan fingerprint density at radius 1 is 0.320 bits per heavy atom. The van der Waals surface area contributed by atoms with Gasteiger partial charge in [0, 0.05) is 0 Å². The van der Waals surface area contributed by atoms with Gasteiger partial charge in [0.1, 0.15) is 0 Å². The van der Waals surface area contributed by atoms with Gasteiger partial charge >= 0.3 is 163 Å². The van der Waals surface area contributed by atoms with Gasteiger partial charge in [0.15, 0.2) is 0 Å². The fourth-order valence-electron chi connectivity index (χ4n) is 0. The molecule has 178 valence electrons. The minimum Gasteiger partial charge on any atom is 3.00 e. The molecule has 0 spiro atoms. The van der Waals surface area contributed by atoms with Gasteiger partial charge in [-0.2, -0.15) is 0 Å². The monoisotopic (exact) mass is 908 g/mol. The Balaban J connectivity index is -0.00000000655. The summed E-state index contributed by atoms with van der Waals surface area (Å²) in [5, 5.41) is 0. The maximum absolute atomic E-state index is 8.59. The molecule has 0 heterocycles. The third kappa shape index (κ3) is 2950. The summed E-state index contributed by atoms with van der Waals surface area (Å²) in [4.78, 5) is 0. The molecule has 0 bridgehead atoms. The van der Waals surface area contributed by atoms with Crippen molar-refractivity contribution in [2.75, 3.05) is 0 Å². The molecule has 0 aliphatic carbocycles. The minimum atomic E-state index is -5.75. The molecule has 25 heteroatoms. The summed E-state index contributed by atoms with van der Waals surface area (Å²) >= 11 is -17.2. The normalized spacial score (nSPS) is 6.96. The third-order valence-corrected chi connectivity index (χ3v) is 0. The fraction of sp³-hybridized carbons (Fsp3) is 0. The number of hydrogen-bond acceptors (Lipinski definition) is 12. The van der Waals surface area contributed by atoms with Gasteiger partial charge in [-0.15, -0.1) is 0 Å². The first-order chi connectivity index (χ1) is 6.00. The van der Waals surface area contributed by atoms with Gasteiger partial charge in [-0.05, 0) is 0 Å². The van der Waals surface area contributed by atoms with Gasteiger partial charge in [-0.25, -0.2) is 0 Å². The smallest absolute Gasteiger partial charge is 3.00 e. The molecule has 0 saturated carbocycles. The van der Waals surface area contributed by atoms with E-state index in [1.54, 1.807) is 0 Å². The van der Waals surface area contributed by atoms with Crippen LogP contribution in [0.5, 0.6) is 0 Å². The van der Waals surface area contributed by atoms with Crippen molar-refractivity contribution < 1.29 is 167 Å². The second-order valence-corrected chi connectivity index (χ2v) is 6.36. The molecule has 0 rings (SSSR count). The molecule has 0 aliphatic heterocycles. The van der Waals surface area contributed by atoms with Crippen molar-refractivity contribution in [3.05, 3.63) is 0 Å². The van der Waals surface area contributed by atoms with Crippen LogP contribution in [0.3, 0.4) is 0 Å². The van der Waals surface area contributed by atoms with Gasteiger partial charge in [0.2, 0.25) is 0 Å². The summed E-state index contributed by atoms with van der Waals surface area (Å²) in [6, 6.07) is 0. The van der Waals surface area contributed by atoms with Crippen molar-refractivity contribution in [2.24, 2.45) is 0 Å². The zero-order valence-electron chi connectivity index (χ0n) is 10.7. The van der Waals surface area contributed by atoms with E-state index in [0.29, 0.717) is 0 Å². The van der Waals surface area contributed by atoms with Crippen LogP contribution in [0.25, 0.3) is 0 Å². The Labute approximate surface area is 204 Å². The maximum atomic E-state index is 8.59. The maximum Gasteiger partial charge on any atom is 3.00 e. The minimum absolute atomic E-state index is 0. The molecule has 0 aromatic carbocycles. The average molecular weight is 908 g/mol. The Hall–Kier alpha value is 2.29. The number of hydrogen-bond donors (Lipinski definition) is 0. The molecule has 0 fully saturated rings. The first kappa shape index (κ1) is 92.4. The van der Waals surface area contributed by atoms with E-state index in [4.69, 9.17) is 48.1 Å². The Morgan fingerprint density at radius 2 is 0.320 bits per heavy atom. The van der Waals surface area contributed by atoms with E-state index in [2.05, 4.69) is 0 Å². The topological polar surface area (TPSA) is 493 Å². The predicted molar refractivity (Wildman–Crippen MR) is 50.3 cm³/mol. The third-order valence-electron chi connectivity index (χ3n) is 0. The summed E-state index contributed by atoms with van der Waals surface area (Å²) in [6.07, 6.45) is 0. The van der Waals surface area contributed by atoms with Gasteiger partial charge in [0.05, 0.1) is 0 Å². The Bertz CT molecular complexity index is 344. The van der Waals surface area contributed by atoms with E-state index in [1.807, 2.05) is 0 Å². The first-order valence-corrected chi connectivity index (χ1v) is 10.4. The molecular weight excluding hydrogens is 891 g/mol. The van der Waals surface area contributed by atoms with Crippen LogP contribution >= 0.6 is 0 Å². The van der Waals surface area contributed by atoms with Crippen LogP contribution in [-0.4, -0.2) is 83.9 Å². The zero-order chi connectivity index (χ0) is 13.5. The zero-order valence-corrected chi connectivity index (χ0v) is 19.5. The molecule has 2 radical (unpaired) electrons. The van der Waals surface area contributed by atoms with Crippen LogP contribution in [0, 0.1) is 74.6 Å². The molecule has 0 aromatic rings. The molecular formula is H16Er2O20Se3. The summed E-state index contributed by atoms with van der Waals surface area (Å²) in [5.41, 5.74) is 0. The van der Waals surface area contributed by atoms with Gasteiger partial charge in [-0.1, -0.05) is 0 Å². The van der Waals surface area contributed by atoms with Crippen LogP contribution in [-0.2, 0) is 23.0 Å². The van der Waals surface area contributed by atoms with Crippen molar-refractivity contribution in [1.29, 1.82) is 0 Å². The second kappa shape index (κ2) is 40.8. The SMILES string of the molecule is O.O.O.O.O.O.O.O.O=[Se](=O)([O-])[O-].O=[Se](=O)([O-])[O-].O=[Se](=O)([O-])[O-].[Er+3].[Er+3]. The number of rotatable bonds is 0. The Morgan fingerprint density at radius 3 is 0.320 bits per heavy atom. The summed E-state index contributed by atoms with van der Waals surface area (Å²) < 4.78 is 103. The molecule has 0 atom stereocenters. The molecule has 0 amide bonds.